The maximum absolute atomic E-state index is 12.6. The van der Waals surface area contributed by atoms with Crippen LogP contribution in [0.1, 0.15) is 34.1 Å². The molecule has 6 nitrogen and oxygen atoms in total. The van der Waals surface area contributed by atoms with E-state index in [9.17, 15) is 14.4 Å². The van der Waals surface area contributed by atoms with Gasteiger partial charge in [0, 0.05) is 22.0 Å². The fourth-order valence-corrected chi connectivity index (χ4v) is 3.91. The van der Waals surface area contributed by atoms with Crippen molar-refractivity contribution in [2.45, 2.75) is 39.8 Å². The molecule has 0 saturated heterocycles. The Morgan fingerprint density at radius 1 is 1.25 bits per heavy atom. The van der Waals surface area contributed by atoms with Gasteiger partial charge in [0.2, 0.25) is 5.78 Å². The number of hydrogen-bond acceptors (Lipinski definition) is 6. The minimum Gasteiger partial charge on any atom is -0.454 e. The summed E-state index contributed by atoms with van der Waals surface area (Å²) in [6.45, 7) is 5.49. The number of nitrogens with zero attached hydrogens (tertiary/aromatic N) is 2. The Kier molecular flexibility index (Phi) is 5.96. The van der Waals surface area contributed by atoms with Crippen LogP contribution in [0, 0.1) is 13.8 Å². The van der Waals surface area contributed by atoms with E-state index in [-0.39, 0.29) is 24.3 Å². The number of fused-ring (bicyclic) bond motifs is 1. The van der Waals surface area contributed by atoms with Crippen molar-refractivity contribution < 1.29 is 14.3 Å². The molecule has 1 atom stereocenters. The number of halogens is 1. The molecule has 8 heteroatoms. The first kappa shape index (κ1) is 20.2. The van der Waals surface area contributed by atoms with E-state index in [2.05, 4.69) is 4.98 Å². The molecule has 0 aliphatic rings. The normalized spacial score (nSPS) is 12.1. The van der Waals surface area contributed by atoms with Gasteiger partial charge in [-0.05, 0) is 50.6 Å². The number of Topliss-reactive ketones (excluding diaryl/α,β-unsaturated/α-hetero) is 1. The van der Waals surface area contributed by atoms with E-state index in [1.807, 2.05) is 13.8 Å². The largest absolute Gasteiger partial charge is 0.454 e. The van der Waals surface area contributed by atoms with Gasteiger partial charge >= 0.3 is 5.97 Å². The van der Waals surface area contributed by atoms with E-state index in [4.69, 9.17) is 16.3 Å². The van der Waals surface area contributed by atoms with Gasteiger partial charge < -0.3 is 4.74 Å². The zero-order chi connectivity index (χ0) is 20.4. The van der Waals surface area contributed by atoms with Gasteiger partial charge in [0.25, 0.3) is 5.56 Å². The summed E-state index contributed by atoms with van der Waals surface area (Å²) in [5.74, 6) is -0.866. The smallest absolute Gasteiger partial charge is 0.308 e. The lowest BCUT2D eigenvalue weighted by atomic mass is 10.1. The van der Waals surface area contributed by atoms with Crippen molar-refractivity contribution in [1.29, 1.82) is 0 Å². The summed E-state index contributed by atoms with van der Waals surface area (Å²) in [4.78, 5) is 43.1. The molecule has 0 radical (unpaired) electrons. The average Bonchev–Trinajstić information content (AvgIpc) is 2.96. The topological polar surface area (TPSA) is 78.3 Å². The van der Waals surface area contributed by atoms with Crippen LogP contribution in [0.2, 0.25) is 5.02 Å². The van der Waals surface area contributed by atoms with Crippen LogP contribution in [0.5, 0.6) is 0 Å². The molecule has 28 heavy (non-hydrogen) atoms. The molecule has 3 aromatic rings. The quantitative estimate of drug-likeness (QED) is 0.447. The van der Waals surface area contributed by atoms with Crippen molar-refractivity contribution in [1.82, 2.24) is 9.55 Å². The highest BCUT2D eigenvalue weighted by Crippen LogP contribution is 2.25. The summed E-state index contributed by atoms with van der Waals surface area (Å²) in [5, 5.41) is 1.11. The van der Waals surface area contributed by atoms with Crippen molar-refractivity contribution in [3.8, 4) is 0 Å². The molecule has 2 heterocycles. The second-order valence-corrected chi connectivity index (χ2v) is 8.10. The highest BCUT2D eigenvalue weighted by atomic mass is 35.5. The summed E-state index contributed by atoms with van der Waals surface area (Å²) in [6.07, 6.45) is 0.483. The van der Waals surface area contributed by atoms with Crippen molar-refractivity contribution in [3.63, 3.8) is 0 Å². The Bertz CT molecular complexity index is 1100. The van der Waals surface area contributed by atoms with Gasteiger partial charge in [-0.15, -0.1) is 11.3 Å². The number of rotatable bonds is 6. The van der Waals surface area contributed by atoms with Crippen molar-refractivity contribution >= 4 is 44.9 Å². The Hall–Kier alpha value is -2.51. The van der Waals surface area contributed by atoms with Gasteiger partial charge in [0.05, 0.1) is 18.1 Å². The summed E-state index contributed by atoms with van der Waals surface area (Å²) < 4.78 is 6.62. The lowest BCUT2D eigenvalue weighted by molar-refractivity contribution is -0.146. The second-order valence-electron chi connectivity index (χ2n) is 6.46. The van der Waals surface area contributed by atoms with Crippen LogP contribution in [0.3, 0.4) is 0 Å². The Morgan fingerprint density at radius 3 is 2.61 bits per heavy atom. The Labute approximate surface area is 170 Å². The van der Waals surface area contributed by atoms with E-state index >= 15 is 0 Å². The fraction of sp³-hybridized carbons (Fsp3) is 0.300. The Morgan fingerprint density at radius 2 is 1.93 bits per heavy atom. The number of ketones is 1. The Balaban J connectivity index is 1.64. The predicted molar refractivity (Wildman–Crippen MR) is 109 cm³/mol. The van der Waals surface area contributed by atoms with Gasteiger partial charge in [0.1, 0.15) is 4.83 Å². The standard InChI is InChI=1S/C20H19ClN2O4S/c1-11-13(3)28-19-17(11)20(26)23(10-22-19)9-8-16(24)27-12(2)18(25)14-4-6-15(21)7-5-14/h4-7,10,12H,8-9H2,1-3H3. The molecule has 2 aromatic heterocycles. The second kappa shape index (κ2) is 8.24. The molecule has 0 amide bonds. The van der Waals surface area contributed by atoms with Crippen LogP contribution in [0.15, 0.2) is 35.4 Å². The molecule has 1 unspecified atom stereocenters. The van der Waals surface area contributed by atoms with E-state index in [1.54, 1.807) is 24.3 Å². The van der Waals surface area contributed by atoms with Gasteiger partial charge in [-0.25, -0.2) is 4.98 Å². The SMILES string of the molecule is Cc1sc2ncn(CCC(=O)OC(C)C(=O)c3ccc(Cl)cc3)c(=O)c2c1C. The first-order valence-electron chi connectivity index (χ1n) is 8.72. The minimum absolute atomic E-state index is 0.0342. The third-order valence-corrected chi connectivity index (χ3v) is 5.89. The van der Waals surface area contributed by atoms with Crippen LogP contribution >= 0.6 is 22.9 Å². The maximum Gasteiger partial charge on any atom is 0.308 e. The number of carbonyl (C=O) groups is 2. The zero-order valence-corrected chi connectivity index (χ0v) is 17.3. The lowest BCUT2D eigenvalue weighted by Crippen LogP contribution is -2.26. The number of hydrogen-bond donors (Lipinski definition) is 0. The molecule has 0 N–H and O–H groups in total. The number of benzene rings is 1. The molecular weight excluding hydrogens is 400 g/mol. The van der Waals surface area contributed by atoms with Crippen molar-refractivity contribution in [2.75, 3.05) is 0 Å². The molecule has 146 valence electrons. The molecule has 0 saturated carbocycles. The summed E-state index contributed by atoms with van der Waals surface area (Å²) in [6, 6.07) is 6.38. The zero-order valence-electron chi connectivity index (χ0n) is 15.7. The van der Waals surface area contributed by atoms with E-state index in [1.165, 1.54) is 29.2 Å². The number of esters is 1. The van der Waals surface area contributed by atoms with Crippen LogP contribution in [0.4, 0.5) is 0 Å². The monoisotopic (exact) mass is 418 g/mol. The number of aromatic nitrogens is 2. The van der Waals surface area contributed by atoms with E-state index in [0.29, 0.717) is 20.8 Å². The molecule has 1 aromatic carbocycles. The third-order valence-electron chi connectivity index (χ3n) is 4.52. The first-order chi connectivity index (χ1) is 13.3. The fourth-order valence-electron chi connectivity index (χ4n) is 2.80. The lowest BCUT2D eigenvalue weighted by Gasteiger charge is -2.13. The van der Waals surface area contributed by atoms with Crippen LogP contribution in [-0.4, -0.2) is 27.4 Å². The number of thiophene rings is 1. The summed E-state index contributed by atoms with van der Waals surface area (Å²) >= 11 is 7.29. The van der Waals surface area contributed by atoms with Crippen LogP contribution < -0.4 is 5.56 Å². The number of carbonyl (C=O) groups excluding carboxylic acids is 2. The van der Waals surface area contributed by atoms with Crippen LogP contribution in [-0.2, 0) is 16.1 Å². The first-order valence-corrected chi connectivity index (χ1v) is 9.91. The van der Waals surface area contributed by atoms with Gasteiger partial charge in [-0.2, -0.15) is 0 Å². The number of ether oxygens (including phenoxy) is 1. The van der Waals surface area contributed by atoms with Gasteiger partial charge in [0.15, 0.2) is 6.10 Å². The average molecular weight is 419 g/mol. The van der Waals surface area contributed by atoms with Gasteiger partial charge in [-0.3, -0.25) is 19.0 Å². The predicted octanol–water partition coefficient (Wildman–Crippen LogP) is 3.93. The van der Waals surface area contributed by atoms with Gasteiger partial charge in [-0.1, -0.05) is 11.6 Å². The van der Waals surface area contributed by atoms with Crippen molar-refractivity contribution in [3.05, 3.63) is 62.0 Å². The van der Waals surface area contributed by atoms with E-state index < -0.39 is 12.1 Å². The molecular formula is C20H19ClN2O4S. The van der Waals surface area contributed by atoms with Crippen molar-refractivity contribution in [2.24, 2.45) is 0 Å². The minimum atomic E-state index is -0.923. The molecule has 3 rings (SSSR count). The summed E-state index contributed by atoms with van der Waals surface area (Å²) in [5.41, 5.74) is 1.15. The van der Waals surface area contributed by atoms with Crippen LogP contribution in [0.25, 0.3) is 10.2 Å². The summed E-state index contributed by atoms with van der Waals surface area (Å²) in [7, 11) is 0. The number of aryl methyl sites for hydroxylation is 3. The molecule has 0 aliphatic heterocycles. The highest BCUT2D eigenvalue weighted by Gasteiger charge is 2.20. The highest BCUT2D eigenvalue weighted by molar-refractivity contribution is 7.18. The molecule has 0 spiro atoms. The van der Waals surface area contributed by atoms with E-state index in [0.717, 1.165) is 10.4 Å². The third kappa shape index (κ3) is 4.15. The molecule has 0 aliphatic carbocycles. The maximum atomic E-state index is 12.6. The molecule has 0 bridgehead atoms. The molecule has 0 fully saturated rings.